The SMILES string of the molecule is CCCCn1nc(C)c(/C=C/C(=O)NCCC(=O)N2CCN(c3ccccc3)CC2)c1Cl. The van der Waals surface area contributed by atoms with Crippen molar-refractivity contribution in [2.24, 2.45) is 0 Å². The summed E-state index contributed by atoms with van der Waals surface area (Å²) in [5.74, 6) is -0.179. The number of rotatable bonds is 9. The number of carbonyl (C=O) groups excluding carboxylic acids is 2. The van der Waals surface area contributed by atoms with Gasteiger partial charge in [-0.25, -0.2) is 0 Å². The largest absolute Gasteiger partial charge is 0.368 e. The van der Waals surface area contributed by atoms with Gasteiger partial charge < -0.3 is 15.1 Å². The van der Waals surface area contributed by atoms with Crippen molar-refractivity contribution in [2.45, 2.75) is 39.7 Å². The molecule has 0 aliphatic carbocycles. The Morgan fingerprint density at radius 3 is 2.56 bits per heavy atom. The van der Waals surface area contributed by atoms with Gasteiger partial charge in [0.25, 0.3) is 0 Å². The van der Waals surface area contributed by atoms with Crippen molar-refractivity contribution in [2.75, 3.05) is 37.6 Å². The second kappa shape index (κ2) is 11.7. The number of nitrogens with one attached hydrogen (secondary N) is 1. The van der Waals surface area contributed by atoms with Crippen molar-refractivity contribution < 1.29 is 9.59 Å². The zero-order valence-corrected chi connectivity index (χ0v) is 19.6. The first kappa shape index (κ1) is 23.9. The van der Waals surface area contributed by atoms with Gasteiger partial charge in [-0.05, 0) is 31.6 Å². The predicted octanol–water partition coefficient (Wildman–Crippen LogP) is 3.51. The molecule has 0 spiro atoms. The van der Waals surface area contributed by atoms with Crippen molar-refractivity contribution >= 4 is 35.2 Å². The quantitative estimate of drug-likeness (QED) is 0.585. The summed E-state index contributed by atoms with van der Waals surface area (Å²) in [5.41, 5.74) is 2.73. The number of para-hydroxylation sites is 1. The van der Waals surface area contributed by atoms with Crippen molar-refractivity contribution in [3.8, 4) is 0 Å². The van der Waals surface area contributed by atoms with E-state index in [9.17, 15) is 9.59 Å². The molecule has 0 unspecified atom stereocenters. The molecule has 2 amide bonds. The smallest absolute Gasteiger partial charge is 0.244 e. The van der Waals surface area contributed by atoms with E-state index in [4.69, 9.17) is 11.6 Å². The first-order valence-corrected chi connectivity index (χ1v) is 11.6. The molecule has 0 bridgehead atoms. The summed E-state index contributed by atoms with van der Waals surface area (Å²) in [6.07, 6.45) is 5.49. The molecule has 1 fully saturated rings. The third kappa shape index (κ3) is 6.36. The summed E-state index contributed by atoms with van der Waals surface area (Å²) >= 11 is 6.39. The molecule has 0 atom stereocenters. The molecule has 2 heterocycles. The first-order chi connectivity index (χ1) is 15.5. The molecule has 0 radical (unpaired) electrons. The maximum Gasteiger partial charge on any atom is 0.244 e. The maximum absolute atomic E-state index is 12.5. The number of anilines is 1. The number of amides is 2. The number of unbranched alkanes of at least 4 members (excludes halogenated alkanes) is 1. The van der Waals surface area contributed by atoms with Crippen LogP contribution in [0.25, 0.3) is 6.08 Å². The molecule has 3 rings (SSSR count). The fourth-order valence-corrected chi connectivity index (χ4v) is 4.06. The Kier molecular flexibility index (Phi) is 8.73. The average Bonchev–Trinajstić information content (AvgIpc) is 3.09. The Bertz CT molecular complexity index is 933. The highest BCUT2D eigenvalue weighted by molar-refractivity contribution is 6.31. The van der Waals surface area contributed by atoms with Crippen LogP contribution < -0.4 is 10.2 Å². The van der Waals surface area contributed by atoms with E-state index in [0.717, 1.165) is 43.7 Å². The van der Waals surface area contributed by atoms with Crippen LogP contribution in [0.5, 0.6) is 0 Å². The van der Waals surface area contributed by atoms with Gasteiger partial charge >= 0.3 is 0 Å². The van der Waals surface area contributed by atoms with Crippen LogP contribution in [0.15, 0.2) is 36.4 Å². The maximum atomic E-state index is 12.5. The highest BCUT2D eigenvalue weighted by Crippen LogP contribution is 2.21. The number of benzene rings is 1. The van der Waals surface area contributed by atoms with Gasteiger partial charge in [-0.1, -0.05) is 43.1 Å². The number of piperazine rings is 1. The molecule has 7 nitrogen and oxygen atoms in total. The number of hydrogen-bond acceptors (Lipinski definition) is 4. The van der Waals surface area contributed by atoms with Gasteiger partial charge in [0.2, 0.25) is 11.8 Å². The Labute approximate surface area is 195 Å². The molecule has 1 aliphatic rings. The van der Waals surface area contributed by atoms with E-state index in [-0.39, 0.29) is 11.8 Å². The van der Waals surface area contributed by atoms with Crippen molar-refractivity contribution in [1.29, 1.82) is 0 Å². The third-order valence-corrected chi connectivity index (χ3v) is 6.02. The number of aryl methyl sites for hydroxylation is 2. The Morgan fingerprint density at radius 1 is 1.16 bits per heavy atom. The minimum absolute atomic E-state index is 0.0677. The van der Waals surface area contributed by atoms with Gasteiger partial charge in [-0.15, -0.1) is 0 Å². The lowest BCUT2D eigenvalue weighted by Crippen LogP contribution is -2.49. The summed E-state index contributed by atoms with van der Waals surface area (Å²) in [7, 11) is 0. The lowest BCUT2D eigenvalue weighted by molar-refractivity contribution is -0.131. The molecular formula is C24H32ClN5O2. The van der Waals surface area contributed by atoms with Crippen LogP contribution in [0.3, 0.4) is 0 Å². The number of nitrogens with zero attached hydrogens (tertiary/aromatic N) is 4. The highest BCUT2D eigenvalue weighted by Gasteiger charge is 2.21. The molecule has 32 heavy (non-hydrogen) atoms. The summed E-state index contributed by atoms with van der Waals surface area (Å²) in [6.45, 7) is 8.09. The fourth-order valence-electron chi connectivity index (χ4n) is 3.73. The first-order valence-electron chi connectivity index (χ1n) is 11.3. The molecule has 8 heteroatoms. The van der Waals surface area contributed by atoms with Crippen molar-refractivity contribution in [3.05, 3.63) is 52.8 Å². The highest BCUT2D eigenvalue weighted by atomic mass is 35.5. The van der Waals surface area contributed by atoms with E-state index < -0.39 is 0 Å². The summed E-state index contributed by atoms with van der Waals surface area (Å²) in [4.78, 5) is 28.8. The van der Waals surface area contributed by atoms with E-state index in [1.807, 2.05) is 30.0 Å². The Morgan fingerprint density at radius 2 is 1.88 bits per heavy atom. The summed E-state index contributed by atoms with van der Waals surface area (Å²) in [5, 5.41) is 7.77. The van der Waals surface area contributed by atoms with Gasteiger partial charge in [0.05, 0.1) is 5.69 Å². The molecule has 1 aromatic heterocycles. The predicted molar refractivity (Wildman–Crippen MR) is 129 cm³/mol. The van der Waals surface area contributed by atoms with Crippen LogP contribution in [0.2, 0.25) is 5.15 Å². The average molecular weight is 458 g/mol. The van der Waals surface area contributed by atoms with E-state index in [1.54, 1.807) is 10.8 Å². The minimum atomic E-state index is -0.247. The number of halogens is 1. The normalized spacial score (nSPS) is 14.2. The van der Waals surface area contributed by atoms with Gasteiger partial charge in [0, 0.05) is 63.0 Å². The molecule has 1 aromatic carbocycles. The molecular weight excluding hydrogens is 426 g/mol. The molecule has 172 valence electrons. The minimum Gasteiger partial charge on any atom is -0.368 e. The molecule has 1 aliphatic heterocycles. The van der Waals surface area contributed by atoms with E-state index in [1.165, 1.54) is 11.8 Å². The van der Waals surface area contributed by atoms with Gasteiger partial charge in [-0.2, -0.15) is 5.10 Å². The van der Waals surface area contributed by atoms with Crippen LogP contribution in [0, 0.1) is 6.92 Å². The molecule has 1 N–H and O–H groups in total. The standard InChI is InChI=1S/C24H32ClN5O2/c1-3-4-14-30-24(25)21(19(2)27-30)10-11-22(31)26-13-12-23(32)29-17-15-28(16-18-29)20-8-6-5-7-9-20/h5-11H,3-4,12-18H2,1-2H3,(H,26,31)/b11-10+. The molecule has 2 aromatic rings. The Hall–Kier alpha value is -2.80. The van der Waals surface area contributed by atoms with Crippen molar-refractivity contribution in [1.82, 2.24) is 20.0 Å². The van der Waals surface area contributed by atoms with Gasteiger partial charge in [0.1, 0.15) is 5.15 Å². The van der Waals surface area contributed by atoms with Crippen LogP contribution >= 0.6 is 11.6 Å². The fraction of sp³-hybridized carbons (Fsp3) is 0.458. The monoisotopic (exact) mass is 457 g/mol. The number of hydrogen-bond donors (Lipinski definition) is 1. The third-order valence-electron chi connectivity index (χ3n) is 5.63. The topological polar surface area (TPSA) is 70.5 Å². The zero-order valence-electron chi connectivity index (χ0n) is 18.9. The number of aromatic nitrogens is 2. The molecule has 0 saturated carbocycles. The van der Waals surface area contributed by atoms with Gasteiger partial charge in [0.15, 0.2) is 0 Å². The van der Waals surface area contributed by atoms with Crippen LogP contribution in [-0.4, -0.2) is 59.2 Å². The second-order valence-electron chi connectivity index (χ2n) is 7.94. The van der Waals surface area contributed by atoms with E-state index in [0.29, 0.717) is 31.2 Å². The van der Waals surface area contributed by atoms with E-state index in [2.05, 4.69) is 34.4 Å². The lowest BCUT2D eigenvalue weighted by Gasteiger charge is -2.36. The molecule has 1 saturated heterocycles. The lowest BCUT2D eigenvalue weighted by atomic mass is 10.2. The van der Waals surface area contributed by atoms with Gasteiger partial charge in [-0.3, -0.25) is 14.3 Å². The summed E-state index contributed by atoms with van der Waals surface area (Å²) in [6, 6.07) is 10.2. The zero-order chi connectivity index (χ0) is 22.9. The van der Waals surface area contributed by atoms with Crippen molar-refractivity contribution in [3.63, 3.8) is 0 Å². The van der Waals surface area contributed by atoms with E-state index >= 15 is 0 Å². The van der Waals surface area contributed by atoms with Crippen LogP contribution in [0.1, 0.15) is 37.4 Å². The second-order valence-corrected chi connectivity index (χ2v) is 8.30. The Balaban J connectivity index is 1.40. The number of carbonyl (C=O) groups is 2. The summed E-state index contributed by atoms with van der Waals surface area (Å²) < 4.78 is 1.77. The van der Waals surface area contributed by atoms with Crippen LogP contribution in [-0.2, 0) is 16.1 Å². The van der Waals surface area contributed by atoms with Crippen LogP contribution in [0.4, 0.5) is 5.69 Å².